The number of aryl methyl sites for hydroxylation is 3. The van der Waals surface area contributed by atoms with Crippen LogP contribution in [-0.4, -0.2) is 16.0 Å². The van der Waals surface area contributed by atoms with Crippen LogP contribution in [0.4, 0.5) is 11.5 Å². The van der Waals surface area contributed by atoms with Crippen LogP contribution in [0.25, 0.3) is 11.0 Å². The van der Waals surface area contributed by atoms with Crippen LogP contribution in [0.1, 0.15) is 27.2 Å². The fourth-order valence-electron chi connectivity index (χ4n) is 3.06. The van der Waals surface area contributed by atoms with Crippen molar-refractivity contribution in [3.8, 4) is 5.75 Å². The van der Waals surface area contributed by atoms with Crippen molar-refractivity contribution in [2.75, 3.05) is 5.32 Å². The minimum Gasteiger partial charge on any atom is -0.508 e. The third-order valence-corrected chi connectivity index (χ3v) is 4.83. The number of amides is 1. The third-order valence-electron chi connectivity index (χ3n) is 4.83. The molecule has 0 aliphatic carbocycles. The molecule has 4 aromatic rings. The highest BCUT2D eigenvalue weighted by Crippen LogP contribution is 2.21. The summed E-state index contributed by atoms with van der Waals surface area (Å²) in [6.45, 7) is 5.88. The van der Waals surface area contributed by atoms with Crippen LogP contribution in [-0.2, 0) is 0 Å². The topological polar surface area (TPSA) is 87.7 Å². The van der Waals surface area contributed by atoms with Crippen molar-refractivity contribution in [1.29, 1.82) is 0 Å². The van der Waals surface area contributed by atoms with E-state index in [2.05, 4.69) is 15.3 Å². The minimum atomic E-state index is -0.380. The van der Waals surface area contributed by atoms with E-state index >= 15 is 0 Å². The molecule has 150 valence electrons. The molecule has 0 bridgehead atoms. The maximum Gasteiger partial charge on any atom is 0.262 e. The van der Waals surface area contributed by atoms with Crippen LogP contribution < -0.4 is 10.9 Å². The number of aromatic nitrogens is 1. The van der Waals surface area contributed by atoms with Gasteiger partial charge in [0.15, 0.2) is 0 Å². The summed E-state index contributed by atoms with van der Waals surface area (Å²) in [5, 5.41) is 13.3. The zero-order valence-electron chi connectivity index (χ0n) is 16.9. The van der Waals surface area contributed by atoms with Crippen LogP contribution in [0.2, 0.25) is 0 Å². The van der Waals surface area contributed by atoms with E-state index in [-0.39, 0.29) is 22.8 Å². The van der Waals surface area contributed by atoms with E-state index in [1.54, 1.807) is 24.3 Å². The lowest BCUT2D eigenvalue weighted by atomic mass is 10.1. The van der Waals surface area contributed by atoms with Gasteiger partial charge in [-0.1, -0.05) is 12.1 Å². The molecule has 2 N–H and O–H groups in total. The van der Waals surface area contributed by atoms with Gasteiger partial charge in [0, 0.05) is 17.1 Å². The molecule has 30 heavy (non-hydrogen) atoms. The van der Waals surface area contributed by atoms with Gasteiger partial charge in [-0.25, -0.2) is 9.98 Å². The van der Waals surface area contributed by atoms with Gasteiger partial charge < -0.3 is 14.8 Å². The van der Waals surface area contributed by atoms with Gasteiger partial charge in [-0.05, 0) is 74.4 Å². The number of carbonyl (C=O) groups excluding carboxylic acids is 1. The molecule has 6 heteroatoms. The molecule has 4 rings (SSSR count). The molecule has 0 spiro atoms. The van der Waals surface area contributed by atoms with Crippen LogP contribution in [0.15, 0.2) is 70.1 Å². The van der Waals surface area contributed by atoms with E-state index in [1.807, 2.05) is 51.1 Å². The summed E-state index contributed by atoms with van der Waals surface area (Å²) in [6.07, 6.45) is 0. The number of rotatable bonds is 3. The maximum atomic E-state index is 13.0. The number of nitrogens with zero attached hydrogens (tertiary/aromatic N) is 2. The van der Waals surface area contributed by atoms with E-state index in [0.717, 1.165) is 16.8 Å². The molecule has 0 saturated carbocycles. The molecule has 1 amide bonds. The first kappa shape index (κ1) is 19.4. The molecule has 0 aliphatic heterocycles. The lowest BCUT2D eigenvalue weighted by Crippen LogP contribution is -2.22. The number of anilines is 1. The first-order chi connectivity index (χ1) is 14.4. The Morgan fingerprint density at radius 3 is 2.60 bits per heavy atom. The summed E-state index contributed by atoms with van der Waals surface area (Å²) in [4.78, 5) is 21.9. The number of carbonyl (C=O) groups is 1. The van der Waals surface area contributed by atoms with Crippen molar-refractivity contribution in [2.24, 2.45) is 4.99 Å². The van der Waals surface area contributed by atoms with Gasteiger partial charge in [0.1, 0.15) is 22.7 Å². The Morgan fingerprint density at radius 2 is 1.83 bits per heavy atom. The average molecular weight is 399 g/mol. The number of phenolic OH excluding ortho intramolecular Hbond substituents is 1. The summed E-state index contributed by atoms with van der Waals surface area (Å²) >= 11 is 0. The first-order valence-corrected chi connectivity index (χ1v) is 9.53. The standard InChI is InChI=1S/C24H21N3O3/c1-14-7-9-18(11-15(14)2)26-24-20(12-17-8-10-19(28)13-21(17)30-24)23(29)27-22-6-4-5-16(3)25-22/h4-13,28H,1-3H3,(H,25,27,29). The Morgan fingerprint density at radius 1 is 1.00 bits per heavy atom. The number of phenols is 1. The zero-order chi connectivity index (χ0) is 21.3. The zero-order valence-corrected chi connectivity index (χ0v) is 16.9. The van der Waals surface area contributed by atoms with Gasteiger partial charge in [-0.3, -0.25) is 4.79 Å². The molecule has 2 aromatic carbocycles. The van der Waals surface area contributed by atoms with Crippen molar-refractivity contribution >= 4 is 28.4 Å². The number of nitrogens with one attached hydrogen (secondary N) is 1. The molecule has 0 atom stereocenters. The SMILES string of the molecule is Cc1cccc(NC(=O)c2cc3ccc(O)cc3oc2=Nc2ccc(C)c(C)c2)n1. The molecular formula is C24H21N3O3. The van der Waals surface area contributed by atoms with E-state index in [9.17, 15) is 9.90 Å². The number of hydrogen-bond donors (Lipinski definition) is 2. The van der Waals surface area contributed by atoms with E-state index in [1.165, 1.54) is 6.07 Å². The quantitative estimate of drug-likeness (QED) is 0.511. The molecule has 0 unspecified atom stereocenters. The minimum absolute atomic E-state index is 0.0737. The second kappa shape index (κ2) is 7.83. The van der Waals surface area contributed by atoms with Crippen molar-refractivity contribution in [1.82, 2.24) is 4.98 Å². The summed E-state index contributed by atoms with van der Waals surface area (Å²) in [5.74, 6) is 0.141. The number of hydrogen-bond acceptors (Lipinski definition) is 5. The van der Waals surface area contributed by atoms with Gasteiger partial charge in [-0.2, -0.15) is 0 Å². The lowest BCUT2D eigenvalue weighted by molar-refractivity contribution is 0.102. The highest BCUT2D eigenvalue weighted by Gasteiger charge is 2.14. The fourth-order valence-corrected chi connectivity index (χ4v) is 3.06. The van der Waals surface area contributed by atoms with Crippen LogP contribution >= 0.6 is 0 Å². The summed E-state index contributed by atoms with van der Waals surface area (Å²) in [7, 11) is 0. The van der Waals surface area contributed by atoms with Gasteiger partial charge in [0.05, 0.1) is 5.69 Å². The summed E-state index contributed by atoms with van der Waals surface area (Å²) < 4.78 is 5.92. The smallest absolute Gasteiger partial charge is 0.262 e. The van der Waals surface area contributed by atoms with Crippen molar-refractivity contribution in [2.45, 2.75) is 20.8 Å². The average Bonchev–Trinajstić information content (AvgIpc) is 2.70. The van der Waals surface area contributed by atoms with Crippen LogP contribution in [0.5, 0.6) is 5.75 Å². The second-order valence-corrected chi connectivity index (χ2v) is 7.19. The predicted molar refractivity (Wildman–Crippen MR) is 116 cm³/mol. The fraction of sp³-hybridized carbons (Fsp3) is 0.125. The second-order valence-electron chi connectivity index (χ2n) is 7.19. The van der Waals surface area contributed by atoms with Crippen molar-refractivity contribution in [3.63, 3.8) is 0 Å². The van der Waals surface area contributed by atoms with E-state index in [0.29, 0.717) is 22.5 Å². The number of fused-ring (bicyclic) bond motifs is 1. The van der Waals surface area contributed by atoms with Crippen molar-refractivity contribution < 1.29 is 14.3 Å². The third kappa shape index (κ3) is 4.07. The first-order valence-electron chi connectivity index (χ1n) is 9.53. The Balaban J connectivity index is 1.86. The number of aromatic hydroxyl groups is 1. The molecule has 6 nitrogen and oxygen atoms in total. The van der Waals surface area contributed by atoms with E-state index in [4.69, 9.17) is 4.42 Å². The molecule has 0 saturated heterocycles. The molecule has 0 aliphatic rings. The van der Waals surface area contributed by atoms with Crippen molar-refractivity contribution in [3.05, 3.63) is 88.6 Å². The molecule has 2 heterocycles. The predicted octanol–water partition coefficient (Wildman–Crippen LogP) is 4.94. The normalized spacial score (nSPS) is 11.6. The van der Waals surface area contributed by atoms with Gasteiger partial charge in [-0.15, -0.1) is 0 Å². The van der Waals surface area contributed by atoms with E-state index < -0.39 is 0 Å². The Hall–Kier alpha value is -3.93. The number of pyridine rings is 1. The van der Waals surface area contributed by atoms with Crippen LogP contribution in [0.3, 0.4) is 0 Å². The Kier molecular flexibility index (Phi) is 5.06. The Labute approximate surface area is 173 Å². The van der Waals surface area contributed by atoms with Crippen LogP contribution in [0, 0.1) is 20.8 Å². The Bertz CT molecular complexity index is 1340. The lowest BCUT2D eigenvalue weighted by Gasteiger charge is -2.07. The monoisotopic (exact) mass is 399 g/mol. The summed E-state index contributed by atoms with van der Waals surface area (Å²) in [5.41, 5.74) is 4.57. The molecule has 2 aromatic heterocycles. The largest absolute Gasteiger partial charge is 0.508 e. The number of benzene rings is 2. The summed E-state index contributed by atoms with van der Waals surface area (Å²) in [6, 6.07) is 17.6. The van der Waals surface area contributed by atoms with Gasteiger partial charge in [0.2, 0.25) is 5.55 Å². The highest BCUT2D eigenvalue weighted by molar-refractivity contribution is 6.05. The molecular weight excluding hydrogens is 378 g/mol. The van der Waals surface area contributed by atoms with Gasteiger partial charge in [0.25, 0.3) is 5.91 Å². The van der Waals surface area contributed by atoms with Gasteiger partial charge >= 0.3 is 0 Å². The molecule has 0 radical (unpaired) electrons. The highest BCUT2D eigenvalue weighted by atomic mass is 16.3. The maximum absolute atomic E-state index is 13.0. The molecule has 0 fully saturated rings.